The molecule has 16 heteroatoms. The number of nitrogens with one attached hydrogen (secondary N) is 1. The third-order valence-corrected chi connectivity index (χ3v) is 6.87. The molecule has 2 aliphatic heterocycles. The van der Waals surface area contributed by atoms with Crippen LogP contribution < -0.4 is 5.32 Å². The fourth-order valence-corrected chi connectivity index (χ4v) is 5.25. The Morgan fingerprint density at radius 2 is 2.17 bits per heavy atom. The van der Waals surface area contributed by atoms with Gasteiger partial charge in [-0.25, -0.2) is 9.48 Å². The maximum atomic E-state index is 12.6. The Morgan fingerprint density at radius 1 is 1.43 bits per heavy atom. The Kier molecular flexibility index (Phi) is 6.62. The fraction of sp³-hybridized carbons (Fsp3) is 0.429. The number of rotatable bonds is 8. The van der Waals surface area contributed by atoms with Crippen molar-refractivity contribution >= 4 is 64.4 Å². The van der Waals surface area contributed by atoms with Crippen molar-refractivity contribution in [1.29, 1.82) is 0 Å². The van der Waals surface area contributed by atoms with Crippen LogP contribution in [0.25, 0.3) is 0 Å². The van der Waals surface area contributed by atoms with Gasteiger partial charge in [-0.3, -0.25) is 19.3 Å². The van der Waals surface area contributed by atoms with Gasteiger partial charge in [-0.05, 0) is 16.0 Å². The normalized spacial score (nSPS) is 21.2. The molecule has 1 aromatic heterocycles. The molecule has 3 rings (SSSR count). The summed E-state index contributed by atoms with van der Waals surface area (Å²) in [7, 11) is 1.64. The van der Waals surface area contributed by atoms with Crippen LogP contribution in [0.4, 0.5) is 0 Å². The second-order valence-corrected chi connectivity index (χ2v) is 8.31. The smallest absolute Gasteiger partial charge is 0.352 e. The summed E-state index contributed by atoms with van der Waals surface area (Å²) < 4.78 is 1.44. The number of aliphatic carboxylic acids is 1. The molecular formula is C14H14ClN7O6S2. The molecule has 2 atom stereocenters. The molecular weight excluding hydrogens is 462 g/mol. The van der Waals surface area contributed by atoms with Gasteiger partial charge in [-0.1, -0.05) is 16.9 Å². The summed E-state index contributed by atoms with van der Waals surface area (Å²) in [5.41, 5.74) is -0.491. The Bertz CT molecular complexity index is 980. The SMILES string of the molecule is Cn1nnnc1SCC1=C(C(=O)O)N2C(=O)C(NC(=O)C(=NO)C(=O)CCl)[C@@H]2SC1. The number of tetrazole rings is 1. The highest BCUT2D eigenvalue weighted by atomic mass is 35.5. The molecule has 3 N–H and O–H groups in total. The standard InChI is InChI=1S/C14H14ClN7O6S2/c1-21-14(17-19-20-21)30-4-5-3-29-12-8(11(25)22(12)9(5)13(26)27)16-10(24)7(18-28)6(23)2-15/h8,12,28H,2-4H2,1H3,(H,16,24)(H,26,27)/t8?,12-/m0/s1. The average molecular weight is 476 g/mol. The molecule has 0 saturated carbocycles. The molecule has 13 nitrogen and oxygen atoms in total. The minimum Gasteiger partial charge on any atom is -0.477 e. The van der Waals surface area contributed by atoms with Gasteiger partial charge < -0.3 is 15.6 Å². The molecule has 0 bridgehead atoms. The number of carboxylic acid groups (broad SMARTS) is 1. The van der Waals surface area contributed by atoms with E-state index in [4.69, 9.17) is 16.8 Å². The highest BCUT2D eigenvalue weighted by Gasteiger charge is 2.54. The van der Waals surface area contributed by atoms with E-state index in [1.54, 1.807) is 7.05 Å². The Morgan fingerprint density at radius 3 is 2.73 bits per heavy atom. The molecule has 0 aliphatic carbocycles. The summed E-state index contributed by atoms with van der Waals surface area (Å²) in [5.74, 6) is -3.95. The molecule has 2 aliphatic rings. The number of oxime groups is 1. The molecule has 1 saturated heterocycles. The number of carbonyl (C=O) groups excluding carboxylic acids is 3. The van der Waals surface area contributed by atoms with Crippen molar-refractivity contribution in [2.45, 2.75) is 16.6 Å². The molecule has 1 aromatic rings. The maximum absolute atomic E-state index is 12.6. The van der Waals surface area contributed by atoms with Crippen LogP contribution in [0.3, 0.4) is 0 Å². The number of carbonyl (C=O) groups is 4. The number of amides is 2. The third kappa shape index (κ3) is 3.99. The van der Waals surface area contributed by atoms with Gasteiger partial charge in [-0.2, -0.15) is 0 Å². The zero-order valence-electron chi connectivity index (χ0n) is 15.2. The molecule has 0 radical (unpaired) electrons. The van der Waals surface area contributed by atoms with Crippen LogP contribution in [0.15, 0.2) is 21.6 Å². The van der Waals surface area contributed by atoms with Crippen molar-refractivity contribution in [2.75, 3.05) is 17.4 Å². The quantitative estimate of drug-likeness (QED) is 0.0771. The van der Waals surface area contributed by atoms with Gasteiger partial charge in [0.05, 0.1) is 5.88 Å². The summed E-state index contributed by atoms with van der Waals surface area (Å²) in [6, 6.07) is -1.08. The fourth-order valence-electron chi connectivity index (χ4n) is 2.79. The van der Waals surface area contributed by atoms with Gasteiger partial charge in [-0.15, -0.1) is 28.5 Å². The number of carboxylic acids is 1. The summed E-state index contributed by atoms with van der Waals surface area (Å²) in [6.07, 6.45) is 0. The predicted octanol–water partition coefficient (Wildman–Crippen LogP) is -1.32. The first-order valence-corrected chi connectivity index (χ1v) is 10.7. The van der Waals surface area contributed by atoms with E-state index in [1.165, 1.54) is 28.2 Å². The van der Waals surface area contributed by atoms with Gasteiger partial charge >= 0.3 is 5.97 Å². The zero-order chi connectivity index (χ0) is 22.0. The lowest BCUT2D eigenvalue weighted by Gasteiger charge is -2.49. The second-order valence-electron chi connectivity index (χ2n) is 6.00. The van der Waals surface area contributed by atoms with Crippen LogP contribution in [-0.4, -0.2) is 93.5 Å². The maximum Gasteiger partial charge on any atom is 0.352 e. The first kappa shape index (κ1) is 22.0. The number of halogens is 1. The minimum absolute atomic E-state index is 0.162. The molecule has 30 heavy (non-hydrogen) atoms. The summed E-state index contributed by atoms with van der Waals surface area (Å²) in [4.78, 5) is 49.1. The Labute approximate surface area is 181 Å². The lowest BCUT2D eigenvalue weighted by Crippen LogP contribution is -2.71. The van der Waals surface area contributed by atoms with Gasteiger partial charge in [0, 0.05) is 18.6 Å². The van der Waals surface area contributed by atoms with Crippen LogP contribution >= 0.6 is 35.1 Å². The molecule has 160 valence electrons. The number of β-lactam (4-membered cyclic amide) rings is 1. The average Bonchev–Trinajstić information content (AvgIpc) is 3.14. The number of Topliss-reactive ketones (excluding diaryl/α,β-unsaturated/α-hetero) is 1. The Hall–Kier alpha value is -2.65. The van der Waals surface area contributed by atoms with Gasteiger partial charge in [0.15, 0.2) is 0 Å². The van der Waals surface area contributed by atoms with Crippen molar-refractivity contribution in [2.24, 2.45) is 12.2 Å². The van der Waals surface area contributed by atoms with Crippen molar-refractivity contribution in [1.82, 2.24) is 30.4 Å². The lowest BCUT2D eigenvalue weighted by molar-refractivity contribution is -0.150. The molecule has 1 unspecified atom stereocenters. The molecule has 0 spiro atoms. The Balaban J connectivity index is 1.75. The zero-order valence-corrected chi connectivity index (χ0v) is 17.6. The molecule has 0 aromatic carbocycles. The van der Waals surface area contributed by atoms with Crippen molar-refractivity contribution in [3.8, 4) is 0 Å². The predicted molar refractivity (Wildman–Crippen MR) is 104 cm³/mol. The molecule has 2 amide bonds. The topological polar surface area (TPSA) is 180 Å². The van der Waals surface area contributed by atoms with Gasteiger partial charge in [0.2, 0.25) is 16.7 Å². The molecule has 3 heterocycles. The van der Waals surface area contributed by atoms with Crippen molar-refractivity contribution in [3.63, 3.8) is 0 Å². The minimum atomic E-state index is -1.28. The highest BCUT2D eigenvalue weighted by Crippen LogP contribution is 2.41. The van der Waals surface area contributed by atoms with Crippen LogP contribution in [0, 0.1) is 0 Å². The first-order valence-electron chi connectivity index (χ1n) is 8.17. The summed E-state index contributed by atoms with van der Waals surface area (Å²) >= 11 is 7.83. The second kappa shape index (κ2) is 9.01. The third-order valence-electron chi connectivity index (χ3n) is 4.19. The molecule has 1 fully saturated rings. The number of alkyl halides is 1. The highest BCUT2D eigenvalue weighted by molar-refractivity contribution is 8.01. The summed E-state index contributed by atoms with van der Waals surface area (Å²) in [6.45, 7) is 0. The number of thioether (sulfide) groups is 2. The number of hydrogen-bond donors (Lipinski definition) is 3. The van der Waals surface area contributed by atoms with E-state index in [9.17, 15) is 24.3 Å². The summed E-state index contributed by atoms with van der Waals surface area (Å²) in [5, 5.41) is 34.2. The number of aromatic nitrogens is 4. The number of nitrogens with zero attached hydrogens (tertiary/aromatic N) is 6. The van der Waals surface area contributed by atoms with E-state index >= 15 is 0 Å². The number of ketones is 1. The number of hydrogen-bond acceptors (Lipinski definition) is 11. The van der Waals surface area contributed by atoms with Gasteiger partial charge in [0.1, 0.15) is 17.1 Å². The number of aryl methyl sites for hydroxylation is 1. The van der Waals surface area contributed by atoms with Crippen LogP contribution in [-0.2, 0) is 26.2 Å². The van der Waals surface area contributed by atoms with E-state index in [-0.39, 0.29) is 11.4 Å². The first-order chi connectivity index (χ1) is 14.3. The van der Waals surface area contributed by atoms with Crippen LogP contribution in [0.2, 0.25) is 0 Å². The lowest BCUT2D eigenvalue weighted by atomic mass is 10.0. The van der Waals surface area contributed by atoms with E-state index in [0.29, 0.717) is 16.5 Å². The van der Waals surface area contributed by atoms with E-state index in [1.807, 2.05) is 0 Å². The van der Waals surface area contributed by atoms with Crippen LogP contribution in [0.1, 0.15) is 0 Å². The van der Waals surface area contributed by atoms with Crippen molar-refractivity contribution < 1.29 is 29.5 Å². The van der Waals surface area contributed by atoms with Crippen molar-refractivity contribution in [3.05, 3.63) is 11.3 Å². The number of fused-ring (bicyclic) bond motifs is 1. The van der Waals surface area contributed by atoms with Crippen LogP contribution in [0.5, 0.6) is 0 Å². The van der Waals surface area contributed by atoms with E-state index < -0.39 is 46.6 Å². The monoisotopic (exact) mass is 475 g/mol. The van der Waals surface area contributed by atoms with E-state index in [0.717, 1.165) is 4.90 Å². The largest absolute Gasteiger partial charge is 0.477 e. The van der Waals surface area contributed by atoms with E-state index in [2.05, 4.69) is 26.0 Å². The van der Waals surface area contributed by atoms with Gasteiger partial charge in [0.25, 0.3) is 11.8 Å².